The molecule has 0 N–H and O–H groups in total. The Bertz CT molecular complexity index is 2040. The van der Waals surface area contributed by atoms with Gasteiger partial charge in [0, 0.05) is 21.6 Å². The van der Waals surface area contributed by atoms with Crippen LogP contribution >= 0.6 is 34.7 Å². The molecular formula is C33H25ClN2O4S2. The summed E-state index contributed by atoms with van der Waals surface area (Å²) in [5, 5.41) is 1.41. The van der Waals surface area contributed by atoms with E-state index in [0.717, 1.165) is 45.2 Å². The Labute approximate surface area is 255 Å². The first-order valence-electron chi connectivity index (χ1n) is 13.4. The molecule has 0 saturated carbocycles. The summed E-state index contributed by atoms with van der Waals surface area (Å²) in [4.78, 5) is 20.8. The fraction of sp³-hybridized carbons (Fsp3) is 0.152. The molecule has 3 heterocycles. The van der Waals surface area contributed by atoms with E-state index in [2.05, 4.69) is 18.2 Å². The molecule has 0 spiro atoms. The number of allylic oxidation sites excluding steroid dienone is 1. The molecule has 0 amide bonds. The van der Waals surface area contributed by atoms with Gasteiger partial charge in [-0.3, -0.25) is 9.36 Å². The van der Waals surface area contributed by atoms with Gasteiger partial charge in [0.1, 0.15) is 5.76 Å². The number of aromatic nitrogens is 1. The largest absolute Gasteiger partial charge is 0.493 e. The standard InChI is InChI=1S/C33H25ClN2O4S2/c1-38-26-15-8-20(17-27(26)39-2)31-25-14-7-19-5-3-4-6-24(19)30(25)35-33-36(31)32(37)28(42-33)18-22-11-16-29(40-22)41-23-12-9-21(34)10-13-23/h3-6,8-13,15-18,31H,7,14H2,1-2H3/b28-18-/t31-/m0/s1. The van der Waals surface area contributed by atoms with Crippen LogP contribution in [0.3, 0.4) is 0 Å². The van der Waals surface area contributed by atoms with Gasteiger partial charge in [0.25, 0.3) is 5.56 Å². The van der Waals surface area contributed by atoms with E-state index in [0.29, 0.717) is 31.6 Å². The van der Waals surface area contributed by atoms with Crippen LogP contribution in [0, 0.1) is 0 Å². The van der Waals surface area contributed by atoms with Gasteiger partial charge in [0.15, 0.2) is 21.4 Å². The summed E-state index contributed by atoms with van der Waals surface area (Å²) in [5.41, 5.74) is 5.31. The molecule has 6 nitrogen and oxygen atoms in total. The van der Waals surface area contributed by atoms with E-state index in [1.165, 1.54) is 28.7 Å². The van der Waals surface area contributed by atoms with Crippen molar-refractivity contribution in [2.45, 2.75) is 28.9 Å². The fourth-order valence-electron chi connectivity index (χ4n) is 5.56. The van der Waals surface area contributed by atoms with Crippen LogP contribution in [0.1, 0.15) is 34.9 Å². The average Bonchev–Trinajstić information content (AvgIpc) is 3.59. The van der Waals surface area contributed by atoms with Crippen LogP contribution < -0.4 is 24.4 Å². The first-order chi connectivity index (χ1) is 20.5. The van der Waals surface area contributed by atoms with Gasteiger partial charge in [-0.2, -0.15) is 0 Å². The second-order valence-electron chi connectivity index (χ2n) is 9.94. The number of thiazole rings is 1. The van der Waals surface area contributed by atoms with Crippen molar-refractivity contribution in [2.75, 3.05) is 14.2 Å². The van der Waals surface area contributed by atoms with Crippen molar-refractivity contribution < 1.29 is 13.9 Å². The summed E-state index contributed by atoms with van der Waals surface area (Å²) >= 11 is 8.89. The topological polar surface area (TPSA) is 66.0 Å². The van der Waals surface area contributed by atoms with E-state index in [1.807, 2.05) is 65.2 Å². The molecule has 0 bridgehead atoms. The highest BCUT2D eigenvalue weighted by Crippen LogP contribution is 2.42. The smallest absolute Gasteiger partial charge is 0.271 e. The fourth-order valence-corrected chi connectivity index (χ4v) is 7.45. The lowest BCUT2D eigenvalue weighted by Crippen LogP contribution is -2.38. The number of ether oxygens (including phenoxy) is 2. The van der Waals surface area contributed by atoms with Gasteiger partial charge in [-0.05, 0) is 78.1 Å². The lowest BCUT2D eigenvalue weighted by molar-refractivity contribution is 0.354. The summed E-state index contributed by atoms with van der Waals surface area (Å²) in [5.74, 6) is 1.87. The first kappa shape index (κ1) is 26.9. The number of hydrogen-bond acceptors (Lipinski definition) is 7. The normalized spacial score (nSPS) is 16.0. The van der Waals surface area contributed by atoms with Crippen LogP contribution in [0.4, 0.5) is 0 Å². The zero-order valence-corrected chi connectivity index (χ0v) is 25.2. The molecule has 9 heteroatoms. The van der Waals surface area contributed by atoms with Crippen LogP contribution in [0.15, 0.2) is 109 Å². The van der Waals surface area contributed by atoms with Crippen molar-refractivity contribution in [3.63, 3.8) is 0 Å². The zero-order chi connectivity index (χ0) is 28.8. The Morgan fingerprint density at radius 1 is 1.00 bits per heavy atom. The maximum absolute atomic E-state index is 14.1. The summed E-state index contributed by atoms with van der Waals surface area (Å²) in [6, 6.07) is 25.3. The highest BCUT2D eigenvalue weighted by Gasteiger charge is 2.33. The van der Waals surface area contributed by atoms with Crippen molar-refractivity contribution >= 4 is 46.5 Å². The molecule has 2 aromatic heterocycles. The molecule has 2 aliphatic rings. The molecule has 7 rings (SSSR count). The molecule has 42 heavy (non-hydrogen) atoms. The molecule has 0 unspecified atom stereocenters. The summed E-state index contributed by atoms with van der Waals surface area (Å²) in [6.07, 6.45) is 3.50. The molecule has 0 saturated heterocycles. The van der Waals surface area contributed by atoms with Crippen molar-refractivity contribution in [3.05, 3.63) is 132 Å². The minimum Gasteiger partial charge on any atom is -0.493 e. The van der Waals surface area contributed by atoms with Crippen LogP contribution in [0.25, 0.3) is 11.8 Å². The van der Waals surface area contributed by atoms with Gasteiger partial charge in [0.05, 0.1) is 30.5 Å². The number of nitrogens with zero attached hydrogens (tertiary/aromatic N) is 2. The number of halogens is 1. The number of fused-ring (bicyclic) bond motifs is 3. The van der Waals surface area contributed by atoms with Crippen LogP contribution in [0.2, 0.25) is 5.02 Å². The number of rotatable bonds is 6. The molecule has 1 aliphatic heterocycles. The van der Waals surface area contributed by atoms with Crippen molar-refractivity contribution in [1.82, 2.24) is 4.57 Å². The minimum atomic E-state index is -0.320. The Morgan fingerprint density at radius 2 is 1.81 bits per heavy atom. The monoisotopic (exact) mass is 612 g/mol. The van der Waals surface area contributed by atoms with E-state index in [4.69, 9.17) is 30.5 Å². The molecule has 0 fully saturated rings. The third kappa shape index (κ3) is 4.79. The molecule has 5 aromatic rings. The minimum absolute atomic E-state index is 0.104. The summed E-state index contributed by atoms with van der Waals surface area (Å²) in [6.45, 7) is 0. The van der Waals surface area contributed by atoms with Crippen molar-refractivity contribution in [3.8, 4) is 11.5 Å². The SMILES string of the molecule is COc1ccc([C@H]2C3=C(N=c4s/c(=C\c5ccc(Sc6ccc(Cl)cc6)o5)c(=O)n42)c2ccccc2CC3)cc1OC. The summed E-state index contributed by atoms with van der Waals surface area (Å²) in [7, 11) is 3.24. The molecule has 0 radical (unpaired) electrons. The number of furan rings is 1. The third-order valence-electron chi connectivity index (χ3n) is 7.50. The maximum Gasteiger partial charge on any atom is 0.271 e. The lowest BCUT2D eigenvalue weighted by Gasteiger charge is -2.31. The van der Waals surface area contributed by atoms with E-state index in [1.54, 1.807) is 20.3 Å². The average molecular weight is 613 g/mol. The predicted octanol–water partition coefficient (Wildman–Crippen LogP) is 6.73. The number of hydrogen-bond donors (Lipinski definition) is 0. The number of benzene rings is 3. The Morgan fingerprint density at radius 3 is 2.62 bits per heavy atom. The third-order valence-corrected chi connectivity index (χ3v) is 9.67. The second kappa shape index (κ2) is 11.0. The molecular weight excluding hydrogens is 588 g/mol. The Hall–Kier alpha value is -3.98. The highest BCUT2D eigenvalue weighted by molar-refractivity contribution is 7.99. The van der Waals surface area contributed by atoms with Crippen LogP contribution in [-0.4, -0.2) is 18.8 Å². The van der Waals surface area contributed by atoms with E-state index in [9.17, 15) is 4.79 Å². The van der Waals surface area contributed by atoms with Gasteiger partial charge in [-0.25, -0.2) is 4.99 Å². The van der Waals surface area contributed by atoms with Crippen LogP contribution in [0.5, 0.6) is 11.5 Å². The predicted molar refractivity (Wildman–Crippen MR) is 167 cm³/mol. The molecule has 1 aliphatic carbocycles. The highest BCUT2D eigenvalue weighted by atomic mass is 35.5. The van der Waals surface area contributed by atoms with Gasteiger partial charge < -0.3 is 13.9 Å². The van der Waals surface area contributed by atoms with E-state index >= 15 is 0 Å². The first-order valence-corrected chi connectivity index (χ1v) is 15.4. The number of aryl methyl sites for hydroxylation is 1. The van der Waals surface area contributed by atoms with E-state index in [-0.39, 0.29) is 11.6 Å². The Balaban J connectivity index is 1.35. The maximum atomic E-state index is 14.1. The Kier molecular flexibility index (Phi) is 7.06. The van der Waals surface area contributed by atoms with Gasteiger partial charge in [-0.15, -0.1) is 0 Å². The summed E-state index contributed by atoms with van der Waals surface area (Å²) < 4.78 is 19.6. The van der Waals surface area contributed by atoms with Gasteiger partial charge >= 0.3 is 0 Å². The number of methoxy groups -OCH3 is 2. The van der Waals surface area contributed by atoms with Crippen molar-refractivity contribution in [1.29, 1.82) is 0 Å². The lowest BCUT2D eigenvalue weighted by atomic mass is 9.83. The van der Waals surface area contributed by atoms with Crippen molar-refractivity contribution in [2.24, 2.45) is 4.99 Å². The van der Waals surface area contributed by atoms with Gasteiger partial charge in [-0.1, -0.05) is 65.0 Å². The van der Waals surface area contributed by atoms with Gasteiger partial charge in [0.2, 0.25) is 0 Å². The molecule has 1 atom stereocenters. The van der Waals surface area contributed by atoms with E-state index < -0.39 is 0 Å². The molecule has 3 aromatic carbocycles. The second-order valence-corrected chi connectivity index (χ2v) is 12.5. The quantitative estimate of drug-likeness (QED) is 0.213. The zero-order valence-electron chi connectivity index (χ0n) is 22.8. The van der Waals surface area contributed by atoms with Crippen LogP contribution in [-0.2, 0) is 6.42 Å². The molecule has 210 valence electrons.